The smallest absolute Gasteiger partial charge is 0.256 e. The summed E-state index contributed by atoms with van der Waals surface area (Å²) in [6, 6.07) is 12.2. The number of aryl methyl sites for hydroxylation is 2. The monoisotopic (exact) mass is 433 g/mol. The van der Waals surface area contributed by atoms with Gasteiger partial charge in [0.2, 0.25) is 5.95 Å². The second-order valence-corrected chi connectivity index (χ2v) is 8.59. The average molecular weight is 434 g/mol. The SMILES string of the molecule is CN1Cc2cccc(Nc3nc(Nc4ccc5c(c4)CCCCC5)ncc3Cl)c2C1=O. The lowest BCUT2D eigenvalue weighted by Gasteiger charge is -2.13. The van der Waals surface area contributed by atoms with Gasteiger partial charge in [0.25, 0.3) is 5.91 Å². The van der Waals surface area contributed by atoms with Crippen LogP contribution in [0.15, 0.2) is 42.6 Å². The van der Waals surface area contributed by atoms with Crippen molar-refractivity contribution in [3.8, 4) is 0 Å². The zero-order valence-electron chi connectivity index (χ0n) is 17.4. The van der Waals surface area contributed by atoms with Gasteiger partial charge in [-0.15, -0.1) is 0 Å². The lowest BCUT2D eigenvalue weighted by Crippen LogP contribution is -2.18. The van der Waals surface area contributed by atoms with E-state index in [2.05, 4.69) is 38.8 Å². The molecule has 0 saturated heterocycles. The van der Waals surface area contributed by atoms with E-state index in [1.807, 2.05) is 18.2 Å². The van der Waals surface area contributed by atoms with Crippen LogP contribution in [0.5, 0.6) is 0 Å². The highest BCUT2D eigenvalue weighted by Crippen LogP contribution is 2.32. The molecule has 0 fully saturated rings. The zero-order valence-corrected chi connectivity index (χ0v) is 18.2. The number of amides is 1. The third kappa shape index (κ3) is 3.95. The Balaban J connectivity index is 1.41. The Bertz CT molecular complexity index is 1160. The molecule has 2 aromatic carbocycles. The summed E-state index contributed by atoms with van der Waals surface area (Å²) in [4.78, 5) is 23.2. The number of anilines is 4. The van der Waals surface area contributed by atoms with E-state index >= 15 is 0 Å². The van der Waals surface area contributed by atoms with Crippen molar-refractivity contribution in [3.63, 3.8) is 0 Å². The number of halogens is 1. The van der Waals surface area contributed by atoms with Crippen molar-refractivity contribution in [2.75, 3.05) is 17.7 Å². The van der Waals surface area contributed by atoms with E-state index in [1.54, 1.807) is 18.1 Å². The van der Waals surface area contributed by atoms with Gasteiger partial charge < -0.3 is 15.5 Å². The van der Waals surface area contributed by atoms with Crippen LogP contribution in [0.2, 0.25) is 5.02 Å². The fourth-order valence-corrected chi connectivity index (χ4v) is 4.50. The van der Waals surface area contributed by atoms with Gasteiger partial charge in [-0.2, -0.15) is 4.98 Å². The highest BCUT2D eigenvalue weighted by atomic mass is 35.5. The minimum absolute atomic E-state index is 0.00777. The summed E-state index contributed by atoms with van der Waals surface area (Å²) in [6.07, 6.45) is 7.61. The Morgan fingerprint density at radius 3 is 2.71 bits per heavy atom. The number of carbonyl (C=O) groups is 1. The van der Waals surface area contributed by atoms with Crippen LogP contribution in [0.1, 0.15) is 46.3 Å². The summed E-state index contributed by atoms with van der Waals surface area (Å²) in [5.41, 5.74) is 6.16. The Morgan fingerprint density at radius 1 is 1.00 bits per heavy atom. The van der Waals surface area contributed by atoms with Crippen molar-refractivity contribution in [1.29, 1.82) is 0 Å². The molecule has 0 spiro atoms. The van der Waals surface area contributed by atoms with E-state index in [0.717, 1.165) is 24.1 Å². The summed E-state index contributed by atoms with van der Waals surface area (Å²) < 4.78 is 0. The minimum Gasteiger partial charge on any atom is -0.338 e. The highest BCUT2D eigenvalue weighted by Gasteiger charge is 2.27. The van der Waals surface area contributed by atoms with Crippen molar-refractivity contribution < 1.29 is 4.79 Å². The maximum atomic E-state index is 12.6. The van der Waals surface area contributed by atoms with Crippen LogP contribution >= 0.6 is 11.6 Å². The van der Waals surface area contributed by atoms with Crippen LogP contribution < -0.4 is 10.6 Å². The predicted molar refractivity (Wildman–Crippen MR) is 124 cm³/mol. The molecule has 6 nitrogen and oxygen atoms in total. The summed E-state index contributed by atoms with van der Waals surface area (Å²) >= 11 is 6.37. The number of rotatable bonds is 4. The fourth-order valence-electron chi connectivity index (χ4n) is 4.37. The summed E-state index contributed by atoms with van der Waals surface area (Å²) in [5.74, 6) is 0.910. The van der Waals surface area contributed by atoms with Gasteiger partial charge in [-0.25, -0.2) is 4.98 Å². The summed E-state index contributed by atoms with van der Waals surface area (Å²) in [5, 5.41) is 6.93. The van der Waals surface area contributed by atoms with E-state index in [-0.39, 0.29) is 5.91 Å². The molecule has 158 valence electrons. The normalized spacial score (nSPS) is 15.3. The first-order valence-electron chi connectivity index (χ1n) is 10.6. The van der Waals surface area contributed by atoms with Gasteiger partial charge >= 0.3 is 0 Å². The van der Waals surface area contributed by atoms with E-state index in [1.165, 1.54) is 30.4 Å². The molecule has 1 aliphatic carbocycles. The first-order chi connectivity index (χ1) is 15.1. The standard InChI is InChI=1S/C24H24ClN5O/c1-30-14-17-8-5-9-20(21(17)23(30)31)28-22-19(25)13-26-24(29-22)27-18-11-10-15-6-3-2-4-7-16(15)12-18/h5,8-13H,2-4,6-7,14H2,1H3,(H2,26,27,28,29). The minimum atomic E-state index is -0.00777. The molecular formula is C24H24ClN5O. The third-order valence-electron chi connectivity index (χ3n) is 5.97. The Kier molecular flexibility index (Phi) is 5.24. The fraction of sp³-hybridized carbons (Fsp3) is 0.292. The molecule has 1 aliphatic heterocycles. The molecule has 1 amide bonds. The number of fused-ring (bicyclic) bond motifs is 2. The molecule has 2 heterocycles. The van der Waals surface area contributed by atoms with Gasteiger partial charge in [-0.1, -0.05) is 36.2 Å². The number of hydrogen-bond acceptors (Lipinski definition) is 5. The molecule has 2 N–H and O–H groups in total. The van der Waals surface area contributed by atoms with E-state index in [9.17, 15) is 4.79 Å². The zero-order chi connectivity index (χ0) is 21.4. The molecule has 31 heavy (non-hydrogen) atoms. The topological polar surface area (TPSA) is 70.2 Å². The molecule has 7 heteroatoms. The molecular weight excluding hydrogens is 410 g/mol. The van der Waals surface area contributed by atoms with E-state index in [4.69, 9.17) is 11.6 Å². The van der Waals surface area contributed by atoms with Crippen molar-refractivity contribution in [3.05, 3.63) is 69.9 Å². The molecule has 3 aromatic rings. The van der Waals surface area contributed by atoms with Crippen LogP contribution in [0, 0.1) is 0 Å². The van der Waals surface area contributed by atoms with Crippen molar-refractivity contribution in [1.82, 2.24) is 14.9 Å². The van der Waals surface area contributed by atoms with Crippen molar-refractivity contribution in [2.24, 2.45) is 0 Å². The van der Waals surface area contributed by atoms with Gasteiger partial charge in [-0.05, 0) is 60.6 Å². The Morgan fingerprint density at radius 2 is 1.84 bits per heavy atom. The number of carbonyl (C=O) groups excluding carboxylic acids is 1. The van der Waals surface area contributed by atoms with Gasteiger partial charge in [0.05, 0.1) is 17.4 Å². The van der Waals surface area contributed by atoms with Crippen LogP contribution in [-0.4, -0.2) is 27.8 Å². The van der Waals surface area contributed by atoms with Gasteiger partial charge in [-0.3, -0.25) is 4.79 Å². The number of hydrogen-bond donors (Lipinski definition) is 2. The molecule has 0 radical (unpaired) electrons. The highest BCUT2D eigenvalue weighted by molar-refractivity contribution is 6.33. The molecule has 0 atom stereocenters. The quantitative estimate of drug-likeness (QED) is 0.534. The largest absolute Gasteiger partial charge is 0.338 e. The second kappa shape index (κ2) is 8.19. The van der Waals surface area contributed by atoms with E-state index in [0.29, 0.717) is 34.6 Å². The molecule has 5 rings (SSSR count). The Hall–Kier alpha value is -3.12. The van der Waals surface area contributed by atoms with Crippen LogP contribution in [0.25, 0.3) is 0 Å². The molecule has 0 saturated carbocycles. The first-order valence-corrected chi connectivity index (χ1v) is 11.0. The maximum Gasteiger partial charge on any atom is 0.256 e. The van der Waals surface area contributed by atoms with Gasteiger partial charge in [0.1, 0.15) is 5.02 Å². The van der Waals surface area contributed by atoms with Gasteiger partial charge in [0.15, 0.2) is 5.82 Å². The van der Waals surface area contributed by atoms with Crippen LogP contribution in [0.4, 0.5) is 23.1 Å². The second-order valence-electron chi connectivity index (χ2n) is 8.19. The molecule has 0 bridgehead atoms. The van der Waals surface area contributed by atoms with Crippen molar-refractivity contribution >= 4 is 40.6 Å². The third-order valence-corrected chi connectivity index (χ3v) is 6.25. The average Bonchev–Trinajstić information content (AvgIpc) is 2.92. The summed E-state index contributed by atoms with van der Waals surface area (Å²) in [6.45, 7) is 0.603. The molecule has 0 unspecified atom stereocenters. The molecule has 1 aromatic heterocycles. The number of nitrogens with zero attached hydrogens (tertiary/aromatic N) is 3. The number of nitrogens with one attached hydrogen (secondary N) is 2. The number of benzene rings is 2. The molecule has 2 aliphatic rings. The van der Waals surface area contributed by atoms with Gasteiger partial charge in [0, 0.05) is 19.3 Å². The van der Waals surface area contributed by atoms with Crippen LogP contribution in [-0.2, 0) is 19.4 Å². The summed E-state index contributed by atoms with van der Waals surface area (Å²) in [7, 11) is 1.80. The van der Waals surface area contributed by atoms with Crippen LogP contribution in [0.3, 0.4) is 0 Å². The van der Waals surface area contributed by atoms with Crippen molar-refractivity contribution in [2.45, 2.75) is 38.6 Å². The first kappa shape index (κ1) is 19.8. The van der Waals surface area contributed by atoms with E-state index < -0.39 is 0 Å². The number of aromatic nitrogens is 2. The maximum absolute atomic E-state index is 12.6. The Labute approximate surface area is 186 Å². The predicted octanol–water partition coefficient (Wildman–Crippen LogP) is 5.47. The lowest BCUT2D eigenvalue weighted by molar-refractivity contribution is 0.0817. The lowest BCUT2D eigenvalue weighted by atomic mass is 10.0.